The van der Waals surface area contributed by atoms with Crippen LogP contribution in [0.5, 0.6) is 0 Å². The van der Waals surface area contributed by atoms with Gasteiger partial charge in [0, 0.05) is 12.1 Å². The first kappa shape index (κ1) is 11.4. The number of carbonyl (C=O) groups is 1. The molecule has 0 aromatic carbocycles. The Morgan fingerprint density at radius 2 is 2.24 bits per heavy atom. The maximum Gasteiger partial charge on any atom is 0.325 e. The molecule has 0 atom stereocenters. The van der Waals surface area contributed by atoms with Crippen molar-refractivity contribution >= 4 is 11.5 Å². The molecule has 0 saturated heterocycles. The van der Waals surface area contributed by atoms with Crippen molar-refractivity contribution < 1.29 is 9.90 Å². The van der Waals surface area contributed by atoms with E-state index in [1.807, 2.05) is 13.8 Å². The number of nitrogens with zero attached hydrogens (tertiary/aromatic N) is 3. The summed E-state index contributed by atoms with van der Waals surface area (Å²) < 4.78 is 2.69. The van der Waals surface area contributed by atoms with Gasteiger partial charge in [0.1, 0.15) is 17.9 Å². The third-order valence-corrected chi connectivity index (χ3v) is 2.47. The fraction of sp³-hybridized carbons (Fsp3) is 0.364. The predicted octanol–water partition coefficient (Wildman–Crippen LogP) is 0.704. The molecule has 0 spiro atoms. The lowest BCUT2D eigenvalue weighted by Crippen LogP contribution is -2.30. The zero-order valence-electron chi connectivity index (χ0n) is 9.62. The molecule has 0 saturated carbocycles. The first-order valence-electron chi connectivity index (χ1n) is 5.30. The number of fused-ring (bicyclic) bond motifs is 1. The van der Waals surface area contributed by atoms with Crippen LogP contribution < -0.4 is 5.56 Å². The van der Waals surface area contributed by atoms with E-state index in [1.165, 1.54) is 0 Å². The highest BCUT2D eigenvalue weighted by Crippen LogP contribution is 2.12. The van der Waals surface area contributed by atoms with Crippen molar-refractivity contribution in [3.63, 3.8) is 0 Å². The molecule has 0 fully saturated rings. The minimum absolute atomic E-state index is 0.102. The lowest BCUT2D eigenvalue weighted by Gasteiger charge is -2.11. The van der Waals surface area contributed by atoms with Crippen LogP contribution in [0.2, 0.25) is 0 Å². The lowest BCUT2D eigenvalue weighted by atomic mass is 10.2. The molecule has 1 N–H and O–H groups in total. The molecule has 2 aromatic rings. The summed E-state index contributed by atoms with van der Waals surface area (Å²) in [6.07, 6.45) is 1.75. The Balaban J connectivity index is 2.73. The second-order valence-electron chi connectivity index (χ2n) is 4.13. The molecular formula is C11H13N3O3. The normalized spacial score (nSPS) is 11.2. The summed E-state index contributed by atoms with van der Waals surface area (Å²) in [6, 6.07) is 3.41. The van der Waals surface area contributed by atoms with Crippen LogP contribution in [-0.4, -0.2) is 25.3 Å². The van der Waals surface area contributed by atoms with Crippen LogP contribution in [0.3, 0.4) is 0 Å². The Morgan fingerprint density at radius 3 is 2.82 bits per heavy atom. The topological polar surface area (TPSA) is 76.6 Å². The molecule has 90 valence electrons. The van der Waals surface area contributed by atoms with E-state index in [4.69, 9.17) is 5.11 Å². The zero-order chi connectivity index (χ0) is 12.6. The van der Waals surface area contributed by atoms with Crippen LogP contribution in [-0.2, 0) is 11.3 Å². The Kier molecular flexibility index (Phi) is 2.71. The predicted molar refractivity (Wildman–Crippen MR) is 61.2 cm³/mol. The Labute approximate surface area is 97.1 Å². The molecule has 0 aliphatic rings. The maximum atomic E-state index is 11.9. The van der Waals surface area contributed by atoms with Gasteiger partial charge in [-0.1, -0.05) is 13.8 Å². The molecule has 0 amide bonds. The van der Waals surface area contributed by atoms with Crippen molar-refractivity contribution in [1.29, 1.82) is 0 Å². The van der Waals surface area contributed by atoms with E-state index in [1.54, 1.807) is 22.7 Å². The number of rotatable bonds is 3. The van der Waals surface area contributed by atoms with Crippen LogP contribution >= 0.6 is 0 Å². The van der Waals surface area contributed by atoms with Gasteiger partial charge in [-0.2, -0.15) is 5.10 Å². The molecular weight excluding hydrogens is 222 g/mol. The number of hydrogen-bond donors (Lipinski definition) is 1. The van der Waals surface area contributed by atoms with Crippen molar-refractivity contribution in [3.8, 4) is 0 Å². The van der Waals surface area contributed by atoms with E-state index in [-0.39, 0.29) is 11.5 Å². The standard InChI is InChI=1S/C11H13N3O3/c1-7(2)10-12-14(6-9(15)16)11(17)8-4-3-5-13(8)10/h3-5,7H,6H2,1-2H3,(H,15,16). The van der Waals surface area contributed by atoms with Crippen LogP contribution in [0, 0.1) is 0 Å². The van der Waals surface area contributed by atoms with Crippen LogP contribution in [0.15, 0.2) is 23.1 Å². The summed E-state index contributed by atoms with van der Waals surface area (Å²) in [4.78, 5) is 22.6. The van der Waals surface area contributed by atoms with Gasteiger partial charge in [0.05, 0.1) is 0 Å². The third-order valence-electron chi connectivity index (χ3n) is 2.47. The maximum absolute atomic E-state index is 11.9. The first-order valence-corrected chi connectivity index (χ1v) is 5.30. The summed E-state index contributed by atoms with van der Waals surface area (Å²) in [5.74, 6) is -0.304. The highest BCUT2D eigenvalue weighted by molar-refractivity contribution is 5.66. The second kappa shape index (κ2) is 4.04. The molecule has 0 bridgehead atoms. The van der Waals surface area contributed by atoms with Gasteiger partial charge in [0.15, 0.2) is 0 Å². The zero-order valence-corrected chi connectivity index (χ0v) is 9.62. The van der Waals surface area contributed by atoms with Gasteiger partial charge >= 0.3 is 5.97 Å². The second-order valence-corrected chi connectivity index (χ2v) is 4.13. The summed E-state index contributed by atoms with van der Waals surface area (Å²) in [7, 11) is 0. The number of carboxylic acid groups (broad SMARTS) is 1. The molecule has 2 rings (SSSR count). The molecule has 0 radical (unpaired) electrons. The molecule has 6 heteroatoms. The monoisotopic (exact) mass is 235 g/mol. The van der Waals surface area contributed by atoms with Gasteiger partial charge in [0.25, 0.3) is 5.56 Å². The quantitative estimate of drug-likeness (QED) is 0.849. The van der Waals surface area contributed by atoms with E-state index in [0.29, 0.717) is 11.3 Å². The van der Waals surface area contributed by atoms with E-state index >= 15 is 0 Å². The van der Waals surface area contributed by atoms with E-state index in [2.05, 4.69) is 5.10 Å². The Bertz CT molecular complexity index is 624. The average Bonchev–Trinajstić information content (AvgIpc) is 2.70. The molecule has 2 aromatic heterocycles. The summed E-state index contributed by atoms with van der Waals surface area (Å²) in [5.41, 5.74) is 0.0618. The van der Waals surface area contributed by atoms with Crippen molar-refractivity contribution in [3.05, 3.63) is 34.5 Å². The average molecular weight is 235 g/mol. The fourth-order valence-electron chi connectivity index (χ4n) is 1.73. The molecule has 0 aliphatic heterocycles. The number of aromatic nitrogens is 3. The molecule has 17 heavy (non-hydrogen) atoms. The summed E-state index contributed by atoms with van der Waals surface area (Å²) >= 11 is 0. The highest BCUT2D eigenvalue weighted by Gasteiger charge is 2.13. The van der Waals surface area contributed by atoms with Gasteiger partial charge in [-0.15, -0.1) is 0 Å². The van der Waals surface area contributed by atoms with Gasteiger partial charge in [-0.3, -0.25) is 14.0 Å². The molecule has 0 aliphatic carbocycles. The minimum atomic E-state index is -1.08. The van der Waals surface area contributed by atoms with Crippen molar-refractivity contribution in [2.75, 3.05) is 0 Å². The van der Waals surface area contributed by atoms with Crippen molar-refractivity contribution in [2.45, 2.75) is 26.3 Å². The summed E-state index contributed by atoms with van der Waals surface area (Å²) in [6.45, 7) is 3.47. The van der Waals surface area contributed by atoms with E-state index < -0.39 is 12.5 Å². The number of carboxylic acids is 1. The lowest BCUT2D eigenvalue weighted by molar-refractivity contribution is -0.138. The van der Waals surface area contributed by atoms with Crippen LogP contribution in [0.25, 0.3) is 5.52 Å². The molecule has 2 heterocycles. The Hall–Kier alpha value is -2.11. The SMILES string of the molecule is CC(C)c1nn(CC(=O)O)c(=O)c2cccn12. The Morgan fingerprint density at radius 1 is 1.53 bits per heavy atom. The summed E-state index contributed by atoms with van der Waals surface area (Å²) in [5, 5.41) is 12.8. The minimum Gasteiger partial charge on any atom is -0.480 e. The highest BCUT2D eigenvalue weighted by atomic mass is 16.4. The number of hydrogen-bond acceptors (Lipinski definition) is 3. The first-order chi connectivity index (χ1) is 8.00. The largest absolute Gasteiger partial charge is 0.480 e. The molecule has 0 unspecified atom stereocenters. The van der Waals surface area contributed by atoms with E-state index in [0.717, 1.165) is 4.68 Å². The fourth-order valence-corrected chi connectivity index (χ4v) is 1.73. The number of aliphatic carboxylic acids is 1. The van der Waals surface area contributed by atoms with Gasteiger partial charge in [0.2, 0.25) is 0 Å². The smallest absolute Gasteiger partial charge is 0.325 e. The van der Waals surface area contributed by atoms with Crippen molar-refractivity contribution in [2.24, 2.45) is 0 Å². The van der Waals surface area contributed by atoms with Crippen LogP contribution in [0.4, 0.5) is 0 Å². The van der Waals surface area contributed by atoms with Gasteiger partial charge in [-0.25, -0.2) is 4.68 Å². The van der Waals surface area contributed by atoms with Gasteiger partial charge in [-0.05, 0) is 12.1 Å². The van der Waals surface area contributed by atoms with Gasteiger partial charge < -0.3 is 5.11 Å². The van der Waals surface area contributed by atoms with E-state index in [9.17, 15) is 9.59 Å². The van der Waals surface area contributed by atoms with Crippen molar-refractivity contribution in [1.82, 2.24) is 14.2 Å². The third kappa shape index (κ3) is 1.93. The molecule has 6 nitrogen and oxygen atoms in total. The van der Waals surface area contributed by atoms with Crippen LogP contribution in [0.1, 0.15) is 25.6 Å².